The molecule has 1 aromatic carbocycles. The summed E-state index contributed by atoms with van der Waals surface area (Å²) >= 11 is 6.27. The second kappa shape index (κ2) is 9.87. The summed E-state index contributed by atoms with van der Waals surface area (Å²) in [7, 11) is 1.79. The van der Waals surface area contributed by atoms with E-state index in [0.717, 1.165) is 55.9 Å². The number of benzene rings is 1. The van der Waals surface area contributed by atoms with Gasteiger partial charge in [-0.15, -0.1) is 0 Å². The summed E-state index contributed by atoms with van der Waals surface area (Å²) in [5, 5.41) is 7.59. The fourth-order valence-corrected chi connectivity index (χ4v) is 3.16. The number of ether oxygens (including phenoxy) is 1. The second-order valence-corrected chi connectivity index (χ2v) is 6.77. The van der Waals surface area contributed by atoms with E-state index >= 15 is 0 Å². The molecule has 0 amide bonds. The Labute approximate surface area is 150 Å². The highest BCUT2D eigenvalue weighted by molar-refractivity contribution is 6.31. The maximum atomic E-state index is 6.27. The molecule has 0 aliphatic carbocycles. The minimum absolute atomic E-state index is 0.0967. The van der Waals surface area contributed by atoms with Gasteiger partial charge in [-0.1, -0.05) is 36.7 Å². The monoisotopic (exact) mass is 352 g/mol. The molecule has 1 aromatic rings. The van der Waals surface area contributed by atoms with Crippen LogP contribution >= 0.6 is 11.6 Å². The number of guanidine groups is 1. The fraction of sp³-hybridized carbons (Fsp3) is 0.611. The van der Waals surface area contributed by atoms with Crippen LogP contribution in [0, 0.1) is 5.92 Å². The molecule has 2 atom stereocenters. The number of nitrogens with one attached hydrogen (secondary N) is 2. The molecular weight excluding hydrogens is 324 g/mol. The van der Waals surface area contributed by atoms with Crippen LogP contribution in [0.2, 0.25) is 5.02 Å². The summed E-state index contributed by atoms with van der Waals surface area (Å²) in [6, 6.07) is 7.99. The van der Waals surface area contributed by atoms with Crippen LogP contribution in [0.5, 0.6) is 0 Å². The third-order valence-electron chi connectivity index (χ3n) is 4.24. The zero-order valence-electron chi connectivity index (χ0n) is 14.9. The van der Waals surface area contributed by atoms with Gasteiger partial charge in [0.1, 0.15) is 0 Å². The number of halogens is 1. The number of rotatable bonds is 6. The van der Waals surface area contributed by atoms with Crippen LogP contribution < -0.4 is 10.6 Å². The standard InChI is InChI=1S/C18H29ClN4O/c1-14(13-23-8-10-24-11-9-23)12-21-18(20-3)22-15(2)16-6-4-5-7-17(16)19/h4-7,14-15H,8-13H2,1-3H3,(H2,20,21,22). The fourth-order valence-electron chi connectivity index (χ4n) is 2.86. The maximum Gasteiger partial charge on any atom is 0.191 e. The molecule has 24 heavy (non-hydrogen) atoms. The average Bonchev–Trinajstić information content (AvgIpc) is 2.59. The van der Waals surface area contributed by atoms with Gasteiger partial charge in [-0.2, -0.15) is 0 Å². The van der Waals surface area contributed by atoms with E-state index in [4.69, 9.17) is 16.3 Å². The van der Waals surface area contributed by atoms with E-state index in [9.17, 15) is 0 Å². The van der Waals surface area contributed by atoms with Crippen LogP contribution in [0.3, 0.4) is 0 Å². The predicted octanol–water partition coefficient (Wildman–Crippen LogP) is 2.53. The van der Waals surface area contributed by atoms with Crippen LogP contribution in [-0.4, -0.2) is 57.3 Å². The zero-order chi connectivity index (χ0) is 17.4. The first-order valence-corrected chi connectivity index (χ1v) is 8.99. The normalized spacial score (nSPS) is 18.9. The Balaban J connectivity index is 1.78. The molecule has 0 radical (unpaired) electrons. The highest BCUT2D eigenvalue weighted by Crippen LogP contribution is 2.21. The van der Waals surface area contributed by atoms with Crippen molar-refractivity contribution >= 4 is 17.6 Å². The van der Waals surface area contributed by atoms with Gasteiger partial charge in [0.15, 0.2) is 5.96 Å². The number of morpholine rings is 1. The van der Waals surface area contributed by atoms with Gasteiger partial charge in [-0.3, -0.25) is 9.89 Å². The SMILES string of the molecule is CN=C(NCC(C)CN1CCOCC1)NC(C)c1ccccc1Cl. The largest absolute Gasteiger partial charge is 0.379 e. The van der Waals surface area contributed by atoms with Crippen LogP contribution in [0.15, 0.2) is 29.3 Å². The van der Waals surface area contributed by atoms with E-state index in [0.29, 0.717) is 5.92 Å². The Hall–Kier alpha value is -1.30. The highest BCUT2D eigenvalue weighted by atomic mass is 35.5. The summed E-state index contributed by atoms with van der Waals surface area (Å²) in [5.41, 5.74) is 1.07. The molecule has 0 bridgehead atoms. The first-order valence-electron chi connectivity index (χ1n) is 8.62. The zero-order valence-corrected chi connectivity index (χ0v) is 15.6. The molecule has 1 fully saturated rings. The van der Waals surface area contributed by atoms with E-state index in [1.165, 1.54) is 0 Å². The predicted molar refractivity (Wildman–Crippen MR) is 101 cm³/mol. The van der Waals surface area contributed by atoms with Crippen molar-refractivity contribution in [2.45, 2.75) is 19.9 Å². The summed E-state index contributed by atoms with van der Waals surface area (Å²) in [6.45, 7) is 10.1. The van der Waals surface area contributed by atoms with E-state index < -0.39 is 0 Å². The van der Waals surface area contributed by atoms with E-state index in [1.54, 1.807) is 7.05 Å². The van der Waals surface area contributed by atoms with E-state index in [-0.39, 0.29) is 6.04 Å². The highest BCUT2D eigenvalue weighted by Gasteiger charge is 2.15. The molecule has 2 rings (SSSR count). The lowest BCUT2D eigenvalue weighted by atomic mass is 10.1. The van der Waals surface area contributed by atoms with E-state index in [1.807, 2.05) is 24.3 Å². The summed E-state index contributed by atoms with van der Waals surface area (Å²) in [5.74, 6) is 1.34. The quantitative estimate of drug-likeness (QED) is 0.610. The van der Waals surface area contributed by atoms with Crippen LogP contribution in [-0.2, 0) is 4.74 Å². The van der Waals surface area contributed by atoms with Gasteiger partial charge in [0.25, 0.3) is 0 Å². The molecular formula is C18H29ClN4O. The van der Waals surface area contributed by atoms with Crippen LogP contribution in [0.1, 0.15) is 25.5 Å². The molecule has 2 unspecified atom stereocenters. The Morgan fingerprint density at radius 2 is 2.00 bits per heavy atom. The van der Waals surface area contributed by atoms with Gasteiger partial charge in [-0.25, -0.2) is 0 Å². The first-order chi connectivity index (χ1) is 11.6. The van der Waals surface area contributed by atoms with Gasteiger partial charge < -0.3 is 15.4 Å². The molecule has 1 heterocycles. The van der Waals surface area contributed by atoms with Crippen LogP contribution in [0.25, 0.3) is 0 Å². The van der Waals surface area contributed by atoms with Gasteiger partial charge >= 0.3 is 0 Å². The maximum absolute atomic E-state index is 6.27. The topological polar surface area (TPSA) is 48.9 Å². The Morgan fingerprint density at radius 3 is 2.67 bits per heavy atom. The van der Waals surface area contributed by atoms with Crippen molar-refractivity contribution in [3.63, 3.8) is 0 Å². The lowest BCUT2D eigenvalue weighted by Gasteiger charge is -2.29. The third kappa shape index (κ3) is 5.96. The van der Waals surface area contributed by atoms with Crippen molar-refractivity contribution in [3.05, 3.63) is 34.9 Å². The summed E-state index contributed by atoms with van der Waals surface area (Å²) in [4.78, 5) is 6.78. The van der Waals surface area contributed by atoms with Crippen LogP contribution in [0.4, 0.5) is 0 Å². The van der Waals surface area contributed by atoms with Gasteiger partial charge in [0, 0.05) is 38.2 Å². The molecule has 0 saturated carbocycles. The molecule has 0 aromatic heterocycles. The first kappa shape index (κ1) is 19.0. The lowest BCUT2D eigenvalue weighted by molar-refractivity contribution is 0.0320. The molecule has 0 spiro atoms. The minimum Gasteiger partial charge on any atom is -0.379 e. The third-order valence-corrected chi connectivity index (χ3v) is 4.58. The molecule has 1 aliphatic rings. The smallest absolute Gasteiger partial charge is 0.191 e. The van der Waals surface area contributed by atoms with Gasteiger partial charge in [0.05, 0.1) is 19.3 Å². The molecule has 5 nitrogen and oxygen atoms in total. The van der Waals surface area contributed by atoms with Crippen molar-refractivity contribution in [3.8, 4) is 0 Å². The summed E-state index contributed by atoms with van der Waals surface area (Å²) < 4.78 is 5.40. The Morgan fingerprint density at radius 1 is 1.29 bits per heavy atom. The second-order valence-electron chi connectivity index (χ2n) is 6.36. The lowest BCUT2D eigenvalue weighted by Crippen LogP contribution is -2.44. The molecule has 6 heteroatoms. The summed E-state index contributed by atoms with van der Waals surface area (Å²) in [6.07, 6.45) is 0. The number of nitrogens with zero attached hydrogens (tertiary/aromatic N) is 2. The molecule has 134 valence electrons. The molecule has 1 saturated heterocycles. The van der Waals surface area contributed by atoms with E-state index in [2.05, 4.69) is 34.4 Å². The minimum atomic E-state index is 0.0967. The van der Waals surface area contributed by atoms with Crippen molar-refractivity contribution in [2.75, 3.05) is 46.4 Å². The molecule has 2 N–H and O–H groups in total. The number of hydrogen-bond acceptors (Lipinski definition) is 3. The Bertz CT molecular complexity index is 532. The Kier molecular flexibility index (Phi) is 7.82. The van der Waals surface area contributed by atoms with Gasteiger partial charge in [-0.05, 0) is 24.5 Å². The number of aliphatic imine (C=N–C) groups is 1. The van der Waals surface area contributed by atoms with Crippen molar-refractivity contribution in [1.82, 2.24) is 15.5 Å². The van der Waals surface area contributed by atoms with Crippen molar-refractivity contribution in [2.24, 2.45) is 10.9 Å². The van der Waals surface area contributed by atoms with Gasteiger partial charge in [0.2, 0.25) is 0 Å². The number of hydrogen-bond donors (Lipinski definition) is 2. The molecule has 1 aliphatic heterocycles. The average molecular weight is 353 g/mol. The van der Waals surface area contributed by atoms with Crippen molar-refractivity contribution < 1.29 is 4.74 Å². The van der Waals surface area contributed by atoms with Crippen molar-refractivity contribution in [1.29, 1.82) is 0 Å².